The molecule has 0 aliphatic carbocycles. The average molecular weight is 241 g/mol. The Hall–Kier alpha value is -2.10. The van der Waals surface area contributed by atoms with Crippen LogP contribution in [0.4, 0.5) is 0 Å². The summed E-state index contributed by atoms with van der Waals surface area (Å²) in [5.41, 5.74) is 2.53. The summed E-state index contributed by atoms with van der Waals surface area (Å²) in [5.74, 6) is 1.20. The predicted octanol–water partition coefficient (Wildman–Crippen LogP) is 2.77. The van der Waals surface area contributed by atoms with Crippen LogP contribution in [-0.2, 0) is 0 Å². The van der Waals surface area contributed by atoms with E-state index in [0.29, 0.717) is 6.01 Å². The van der Waals surface area contributed by atoms with Crippen LogP contribution < -0.4 is 4.74 Å². The number of benzene rings is 1. The molecule has 1 unspecified atom stereocenters. The van der Waals surface area contributed by atoms with E-state index >= 15 is 0 Å². The van der Waals surface area contributed by atoms with Crippen LogP contribution in [0.5, 0.6) is 6.01 Å². The van der Waals surface area contributed by atoms with Gasteiger partial charge >= 0.3 is 6.01 Å². The van der Waals surface area contributed by atoms with Crippen molar-refractivity contribution in [1.29, 1.82) is 0 Å². The zero-order chi connectivity index (χ0) is 12.5. The summed E-state index contributed by atoms with van der Waals surface area (Å²) in [5, 5.41) is 8.34. The van der Waals surface area contributed by atoms with Gasteiger partial charge in [-0.1, -0.05) is 36.3 Å². The molecule has 0 saturated carbocycles. The number of rotatable bonds is 2. The normalized spacial score (nSPS) is 16.9. The summed E-state index contributed by atoms with van der Waals surface area (Å²) >= 11 is 0. The van der Waals surface area contributed by atoms with Gasteiger partial charge in [-0.25, -0.2) is 0 Å². The Morgan fingerprint density at radius 2 is 2.11 bits per heavy atom. The average Bonchev–Trinajstić information content (AvgIpc) is 2.74. The van der Waals surface area contributed by atoms with E-state index in [1.807, 2.05) is 10.8 Å². The van der Waals surface area contributed by atoms with Gasteiger partial charge in [-0.05, 0) is 23.6 Å². The molecule has 0 saturated heterocycles. The van der Waals surface area contributed by atoms with Crippen LogP contribution in [-0.4, -0.2) is 21.9 Å². The van der Waals surface area contributed by atoms with E-state index in [0.717, 1.165) is 12.2 Å². The zero-order valence-electron chi connectivity index (χ0n) is 10.5. The lowest BCUT2D eigenvalue weighted by Gasteiger charge is -2.14. The Morgan fingerprint density at radius 3 is 2.89 bits per heavy atom. The standard InChI is InChI=1S/C14H15N3O/c1-3-11-12-7-5-4-6-10(12)8-9-17-13(11)15-16-14(17)18-2/h4-9,11H,3H2,1-2H3. The SMILES string of the molecule is CCC1c2ccccc2C=Cn2c(OC)nnc21. The molecular formula is C14H15N3O. The third kappa shape index (κ3) is 1.53. The van der Waals surface area contributed by atoms with Crippen LogP contribution in [0.15, 0.2) is 24.3 Å². The Bertz CT molecular complexity index is 601. The number of aromatic nitrogens is 3. The maximum Gasteiger partial charge on any atom is 0.320 e. The van der Waals surface area contributed by atoms with Crippen molar-refractivity contribution in [2.45, 2.75) is 19.3 Å². The summed E-state index contributed by atoms with van der Waals surface area (Å²) in [6.07, 6.45) is 5.05. The molecule has 4 heteroatoms. The van der Waals surface area contributed by atoms with Gasteiger partial charge in [0, 0.05) is 12.1 Å². The van der Waals surface area contributed by atoms with Gasteiger partial charge in [-0.3, -0.25) is 4.57 Å². The lowest BCUT2D eigenvalue weighted by molar-refractivity contribution is 0.373. The molecular weight excluding hydrogens is 226 g/mol. The van der Waals surface area contributed by atoms with Gasteiger partial charge in [0.15, 0.2) is 0 Å². The van der Waals surface area contributed by atoms with E-state index in [9.17, 15) is 0 Å². The molecule has 0 spiro atoms. The van der Waals surface area contributed by atoms with Crippen molar-refractivity contribution in [1.82, 2.24) is 14.8 Å². The second-order valence-corrected chi connectivity index (χ2v) is 4.32. The lowest BCUT2D eigenvalue weighted by Crippen LogP contribution is -2.06. The van der Waals surface area contributed by atoms with Crippen LogP contribution in [0.1, 0.15) is 36.2 Å². The molecule has 2 aromatic rings. The van der Waals surface area contributed by atoms with Gasteiger partial charge in [0.1, 0.15) is 5.82 Å². The first-order valence-corrected chi connectivity index (χ1v) is 6.11. The fourth-order valence-electron chi connectivity index (χ4n) is 2.48. The Balaban J connectivity index is 2.22. The van der Waals surface area contributed by atoms with E-state index in [4.69, 9.17) is 4.74 Å². The summed E-state index contributed by atoms with van der Waals surface area (Å²) in [6.45, 7) is 2.16. The van der Waals surface area contributed by atoms with E-state index in [-0.39, 0.29) is 5.92 Å². The highest BCUT2D eigenvalue weighted by molar-refractivity contribution is 5.67. The van der Waals surface area contributed by atoms with Crippen LogP contribution in [0.2, 0.25) is 0 Å². The van der Waals surface area contributed by atoms with Crippen molar-refractivity contribution < 1.29 is 4.74 Å². The molecule has 0 N–H and O–H groups in total. The van der Waals surface area contributed by atoms with Crippen molar-refractivity contribution in [2.75, 3.05) is 7.11 Å². The number of fused-ring (bicyclic) bond motifs is 2. The van der Waals surface area contributed by atoms with E-state index in [1.165, 1.54) is 11.1 Å². The predicted molar refractivity (Wildman–Crippen MR) is 70.4 cm³/mol. The van der Waals surface area contributed by atoms with Crippen LogP contribution >= 0.6 is 0 Å². The maximum absolute atomic E-state index is 5.24. The van der Waals surface area contributed by atoms with Crippen molar-refractivity contribution in [3.8, 4) is 6.01 Å². The van der Waals surface area contributed by atoms with Crippen LogP contribution in [0, 0.1) is 0 Å². The van der Waals surface area contributed by atoms with Crippen molar-refractivity contribution in [2.24, 2.45) is 0 Å². The molecule has 1 aliphatic heterocycles. The number of hydrogen-bond acceptors (Lipinski definition) is 3. The first kappa shape index (κ1) is 11.0. The number of nitrogens with zero attached hydrogens (tertiary/aromatic N) is 3. The molecule has 0 amide bonds. The molecule has 92 valence electrons. The molecule has 3 rings (SSSR count). The van der Waals surface area contributed by atoms with E-state index in [2.05, 4.69) is 47.5 Å². The Morgan fingerprint density at radius 1 is 1.28 bits per heavy atom. The van der Waals surface area contributed by atoms with E-state index in [1.54, 1.807) is 7.11 Å². The van der Waals surface area contributed by atoms with Crippen molar-refractivity contribution >= 4 is 12.3 Å². The second kappa shape index (κ2) is 4.29. The molecule has 4 nitrogen and oxygen atoms in total. The summed E-state index contributed by atoms with van der Waals surface area (Å²) < 4.78 is 7.16. The Labute approximate surface area is 106 Å². The first-order chi connectivity index (χ1) is 8.85. The van der Waals surface area contributed by atoms with Crippen molar-refractivity contribution in [3.05, 3.63) is 41.2 Å². The van der Waals surface area contributed by atoms with Crippen LogP contribution in [0.25, 0.3) is 12.3 Å². The van der Waals surface area contributed by atoms with Crippen molar-refractivity contribution in [3.63, 3.8) is 0 Å². The van der Waals surface area contributed by atoms with Gasteiger partial charge in [-0.15, -0.1) is 5.10 Å². The number of hydrogen-bond donors (Lipinski definition) is 0. The minimum atomic E-state index is 0.257. The molecule has 0 fully saturated rings. The third-order valence-corrected chi connectivity index (χ3v) is 3.37. The second-order valence-electron chi connectivity index (χ2n) is 4.32. The quantitative estimate of drug-likeness (QED) is 0.811. The monoisotopic (exact) mass is 241 g/mol. The third-order valence-electron chi connectivity index (χ3n) is 3.37. The van der Waals surface area contributed by atoms with Gasteiger partial charge in [0.05, 0.1) is 7.11 Å². The molecule has 1 aromatic carbocycles. The highest BCUT2D eigenvalue weighted by Crippen LogP contribution is 2.34. The molecule has 1 aromatic heterocycles. The highest BCUT2D eigenvalue weighted by atomic mass is 16.5. The largest absolute Gasteiger partial charge is 0.467 e. The summed E-state index contributed by atoms with van der Waals surface area (Å²) in [7, 11) is 1.62. The zero-order valence-corrected chi connectivity index (χ0v) is 10.5. The highest BCUT2D eigenvalue weighted by Gasteiger charge is 2.24. The molecule has 0 radical (unpaired) electrons. The number of ether oxygens (including phenoxy) is 1. The van der Waals surface area contributed by atoms with Gasteiger partial charge in [0.2, 0.25) is 0 Å². The molecule has 2 heterocycles. The Kier molecular flexibility index (Phi) is 2.63. The molecule has 0 bridgehead atoms. The summed E-state index contributed by atoms with van der Waals surface area (Å²) in [6, 6.07) is 8.94. The lowest BCUT2D eigenvalue weighted by atomic mass is 9.92. The molecule has 1 atom stereocenters. The maximum atomic E-state index is 5.24. The smallest absolute Gasteiger partial charge is 0.320 e. The summed E-state index contributed by atoms with van der Waals surface area (Å²) in [4.78, 5) is 0. The molecule has 18 heavy (non-hydrogen) atoms. The first-order valence-electron chi connectivity index (χ1n) is 6.11. The minimum Gasteiger partial charge on any atom is -0.467 e. The fraction of sp³-hybridized carbons (Fsp3) is 0.286. The van der Waals surface area contributed by atoms with Gasteiger partial charge < -0.3 is 4.74 Å². The van der Waals surface area contributed by atoms with Crippen LogP contribution in [0.3, 0.4) is 0 Å². The fourth-order valence-corrected chi connectivity index (χ4v) is 2.48. The van der Waals surface area contributed by atoms with E-state index < -0.39 is 0 Å². The minimum absolute atomic E-state index is 0.257. The van der Waals surface area contributed by atoms with Gasteiger partial charge in [0.25, 0.3) is 0 Å². The molecule has 1 aliphatic rings. The number of methoxy groups -OCH3 is 1. The van der Waals surface area contributed by atoms with Gasteiger partial charge in [-0.2, -0.15) is 0 Å². The topological polar surface area (TPSA) is 39.9 Å².